The van der Waals surface area contributed by atoms with Crippen molar-refractivity contribution in [1.29, 1.82) is 0 Å². The minimum Gasteiger partial charge on any atom is -0.351 e. The first-order valence-electron chi connectivity index (χ1n) is 9.14. The largest absolute Gasteiger partial charge is 0.351 e. The highest BCUT2D eigenvalue weighted by Gasteiger charge is 2.24. The van der Waals surface area contributed by atoms with Gasteiger partial charge in [0.2, 0.25) is 11.6 Å². The van der Waals surface area contributed by atoms with Crippen molar-refractivity contribution in [2.75, 3.05) is 50.7 Å². The zero-order valence-electron chi connectivity index (χ0n) is 14.8. The molecule has 2 saturated heterocycles. The van der Waals surface area contributed by atoms with Crippen molar-refractivity contribution in [2.45, 2.75) is 26.2 Å². The summed E-state index contributed by atoms with van der Waals surface area (Å²) >= 11 is 0. The quantitative estimate of drug-likeness (QED) is 0.811. The van der Waals surface area contributed by atoms with Crippen LogP contribution in [-0.4, -0.2) is 81.1 Å². The van der Waals surface area contributed by atoms with Crippen LogP contribution in [0.15, 0.2) is 12.4 Å². The molecule has 1 amide bonds. The van der Waals surface area contributed by atoms with Gasteiger partial charge in [-0.2, -0.15) is 0 Å². The molecule has 0 aromatic carbocycles. The van der Waals surface area contributed by atoms with Gasteiger partial charge in [0.15, 0.2) is 5.82 Å². The summed E-state index contributed by atoms with van der Waals surface area (Å²) in [5.41, 5.74) is 0.804. The number of amides is 1. The van der Waals surface area contributed by atoms with E-state index in [0.717, 1.165) is 69.4 Å². The third kappa shape index (κ3) is 3.30. The number of carbonyl (C=O) groups excluding carboxylic acids is 1. The normalized spacial score (nSPS) is 19.6. The van der Waals surface area contributed by atoms with Gasteiger partial charge in [0.1, 0.15) is 5.82 Å². The molecule has 0 unspecified atom stereocenters. The summed E-state index contributed by atoms with van der Waals surface area (Å²) in [6, 6.07) is 0. The Morgan fingerprint density at radius 3 is 2.56 bits per heavy atom. The molecule has 0 saturated carbocycles. The van der Waals surface area contributed by atoms with Crippen molar-refractivity contribution in [3.8, 4) is 0 Å². The lowest BCUT2D eigenvalue weighted by molar-refractivity contribution is -0.133. The van der Waals surface area contributed by atoms with Crippen molar-refractivity contribution in [3.63, 3.8) is 0 Å². The number of piperazine rings is 1. The smallest absolute Gasteiger partial charge is 0.236 e. The second-order valence-corrected chi connectivity index (χ2v) is 6.90. The second kappa shape index (κ2) is 6.95. The van der Waals surface area contributed by atoms with Crippen molar-refractivity contribution in [2.24, 2.45) is 0 Å². The third-order valence-electron chi connectivity index (χ3n) is 5.22. The van der Waals surface area contributed by atoms with Crippen LogP contribution in [0, 0.1) is 6.92 Å². The lowest BCUT2D eigenvalue weighted by atomic mass is 10.1. The first kappa shape index (κ1) is 16.3. The van der Waals surface area contributed by atoms with E-state index in [1.165, 1.54) is 6.42 Å². The molecule has 0 spiro atoms. The summed E-state index contributed by atoms with van der Waals surface area (Å²) in [5.74, 6) is 2.02. The minimum absolute atomic E-state index is 0.279. The molecule has 8 heteroatoms. The van der Waals surface area contributed by atoms with Crippen LogP contribution in [0.1, 0.15) is 25.1 Å². The SMILES string of the molecule is Cc1nnc2c(N3CCN(CC(=O)N4CCCCC4)CC3)nccn12. The molecule has 2 aliphatic heterocycles. The summed E-state index contributed by atoms with van der Waals surface area (Å²) in [5, 5.41) is 8.40. The van der Waals surface area contributed by atoms with E-state index in [2.05, 4.69) is 25.0 Å². The first-order valence-corrected chi connectivity index (χ1v) is 9.14. The Morgan fingerprint density at radius 1 is 1.04 bits per heavy atom. The number of aromatic nitrogens is 4. The Balaban J connectivity index is 1.37. The van der Waals surface area contributed by atoms with Gasteiger partial charge in [0, 0.05) is 51.7 Å². The molecule has 0 bridgehead atoms. The van der Waals surface area contributed by atoms with Gasteiger partial charge in [-0.1, -0.05) is 0 Å². The Labute approximate surface area is 147 Å². The fourth-order valence-corrected chi connectivity index (χ4v) is 3.70. The van der Waals surface area contributed by atoms with E-state index in [4.69, 9.17) is 0 Å². The summed E-state index contributed by atoms with van der Waals surface area (Å²) in [6.07, 6.45) is 7.23. The summed E-state index contributed by atoms with van der Waals surface area (Å²) < 4.78 is 1.97. The van der Waals surface area contributed by atoms with Crippen molar-refractivity contribution in [1.82, 2.24) is 29.4 Å². The van der Waals surface area contributed by atoms with E-state index < -0.39 is 0 Å². The number of hydrogen-bond acceptors (Lipinski definition) is 6. The van der Waals surface area contributed by atoms with Gasteiger partial charge in [0.25, 0.3) is 0 Å². The summed E-state index contributed by atoms with van der Waals surface area (Å²) in [6.45, 7) is 7.78. The Morgan fingerprint density at radius 2 is 1.80 bits per heavy atom. The summed E-state index contributed by atoms with van der Waals surface area (Å²) in [7, 11) is 0. The summed E-state index contributed by atoms with van der Waals surface area (Å²) in [4.78, 5) is 23.5. The van der Waals surface area contributed by atoms with Gasteiger partial charge in [-0.15, -0.1) is 10.2 Å². The first-order chi connectivity index (χ1) is 12.2. The van der Waals surface area contributed by atoms with Crippen LogP contribution >= 0.6 is 0 Å². The zero-order chi connectivity index (χ0) is 17.2. The van der Waals surface area contributed by atoms with E-state index in [1.54, 1.807) is 6.20 Å². The molecule has 4 rings (SSSR count). The van der Waals surface area contributed by atoms with Crippen LogP contribution in [0.25, 0.3) is 5.65 Å². The van der Waals surface area contributed by atoms with Crippen LogP contribution in [0.5, 0.6) is 0 Å². The zero-order valence-corrected chi connectivity index (χ0v) is 14.8. The third-order valence-corrected chi connectivity index (χ3v) is 5.22. The van der Waals surface area contributed by atoms with Gasteiger partial charge >= 0.3 is 0 Å². The van der Waals surface area contributed by atoms with E-state index in [0.29, 0.717) is 6.54 Å². The molecule has 134 valence electrons. The molecule has 0 radical (unpaired) electrons. The Kier molecular flexibility index (Phi) is 4.52. The number of nitrogens with zero attached hydrogens (tertiary/aromatic N) is 7. The highest BCUT2D eigenvalue weighted by Crippen LogP contribution is 2.19. The second-order valence-electron chi connectivity index (χ2n) is 6.90. The number of carbonyl (C=O) groups is 1. The van der Waals surface area contributed by atoms with Gasteiger partial charge in [0.05, 0.1) is 6.54 Å². The molecule has 0 N–H and O–H groups in total. The molecule has 2 aromatic rings. The number of aryl methyl sites for hydroxylation is 1. The number of hydrogen-bond donors (Lipinski definition) is 0. The average molecular weight is 343 g/mol. The van der Waals surface area contributed by atoms with E-state index in [-0.39, 0.29) is 5.91 Å². The highest BCUT2D eigenvalue weighted by atomic mass is 16.2. The van der Waals surface area contributed by atoms with Gasteiger partial charge in [-0.25, -0.2) is 4.98 Å². The molecule has 2 fully saturated rings. The van der Waals surface area contributed by atoms with Crippen LogP contribution < -0.4 is 4.90 Å². The minimum atomic E-state index is 0.279. The van der Waals surface area contributed by atoms with Crippen molar-refractivity contribution >= 4 is 17.4 Å². The highest BCUT2D eigenvalue weighted by molar-refractivity contribution is 5.78. The maximum absolute atomic E-state index is 12.4. The maximum Gasteiger partial charge on any atom is 0.236 e. The predicted molar refractivity (Wildman–Crippen MR) is 94.6 cm³/mol. The molecular formula is C17H25N7O. The molecule has 2 aliphatic rings. The molecule has 25 heavy (non-hydrogen) atoms. The Hall–Kier alpha value is -2.22. The number of rotatable bonds is 3. The van der Waals surface area contributed by atoms with Gasteiger partial charge < -0.3 is 9.80 Å². The van der Waals surface area contributed by atoms with Gasteiger partial charge in [-0.05, 0) is 26.2 Å². The molecule has 4 heterocycles. The number of anilines is 1. The fourth-order valence-electron chi connectivity index (χ4n) is 3.70. The molecular weight excluding hydrogens is 318 g/mol. The standard InChI is InChI=1S/C17H25N7O/c1-14-19-20-17-16(18-5-8-24(14)17)23-11-9-21(10-12-23)13-15(25)22-6-3-2-4-7-22/h5,8H,2-4,6-7,9-13H2,1H3. The molecule has 0 atom stereocenters. The number of piperidine rings is 1. The number of fused-ring (bicyclic) bond motifs is 1. The van der Waals surface area contributed by atoms with E-state index >= 15 is 0 Å². The Bertz CT molecular complexity index is 745. The van der Waals surface area contributed by atoms with Crippen molar-refractivity contribution in [3.05, 3.63) is 18.2 Å². The predicted octanol–water partition coefficient (Wildman–Crippen LogP) is 0.567. The fraction of sp³-hybridized carbons (Fsp3) is 0.647. The molecule has 8 nitrogen and oxygen atoms in total. The molecule has 2 aromatic heterocycles. The maximum atomic E-state index is 12.4. The number of likely N-dealkylation sites (tertiary alicyclic amines) is 1. The monoisotopic (exact) mass is 343 g/mol. The van der Waals surface area contributed by atoms with Crippen LogP contribution in [0.2, 0.25) is 0 Å². The molecule has 0 aliphatic carbocycles. The van der Waals surface area contributed by atoms with Crippen LogP contribution in [-0.2, 0) is 4.79 Å². The van der Waals surface area contributed by atoms with E-state index in [1.807, 2.05) is 22.4 Å². The average Bonchev–Trinajstić information content (AvgIpc) is 3.04. The van der Waals surface area contributed by atoms with Crippen LogP contribution in [0.3, 0.4) is 0 Å². The topological polar surface area (TPSA) is 69.9 Å². The van der Waals surface area contributed by atoms with Crippen molar-refractivity contribution < 1.29 is 4.79 Å². The van der Waals surface area contributed by atoms with E-state index in [9.17, 15) is 4.79 Å². The lowest BCUT2D eigenvalue weighted by Crippen LogP contribution is -2.51. The lowest BCUT2D eigenvalue weighted by Gasteiger charge is -2.36. The van der Waals surface area contributed by atoms with Crippen LogP contribution in [0.4, 0.5) is 5.82 Å². The van der Waals surface area contributed by atoms with Gasteiger partial charge in [-0.3, -0.25) is 14.1 Å².